The van der Waals surface area contributed by atoms with Gasteiger partial charge in [0.1, 0.15) is 11.9 Å². The van der Waals surface area contributed by atoms with Gasteiger partial charge >= 0.3 is 0 Å². The predicted octanol–water partition coefficient (Wildman–Crippen LogP) is 5.58. The van der Waals surface area contributed by atoms with Crippen molar-refractivity contribution < 1.29 is 22.4 Å². The zero-order chi connectivity index (χ0) is 30.0. The molecule has 0 unspecified atom stereocenters. The summed E-state index contributed by atoms with van der Waals surface area (Å²) in [4.78, 5) is 29.0. The van der Waals surface area contributed by atoms with E-state index in [0.717, 1.165) is 28.1 Å². The number of hydrogen-bond donors (Lipinski definition) is 1. The summed E-state index contributed by atoms with van der Waals surface area (Å²) in [6.45, 7) is 4.09. The Morgan fingerprint density at radius 1 is 0.951 bits per heavy atom. The summed E-state index contributed by atoms with van der Waals surface area (Å²) >= 11 is 6.08. The quantitative estimate of drug-likeness (QED) is 0.261. The Bertz CT molecular complexity index is 1390. The molecule has 0 fully saturated rings. The van der Waals surface area contributed by atoms with Gasteiger partial charge in [-0.3, -0.25) is 13.9 Å². The van der Waals surface area contributed by atoms with Crippen LogP contribution in [0.3, 0.4) is 0 Å². The number of nitrogens with one attached hydrogen (secondary N) is 1. The average Bonchev–Trinajstić information content (AvgIpc) is 2.94. The molecule has 2 amide bonds. The van der Waals surface area contributed by atoms with Crippen molar-refractivity contribution in [3.63, 3.8) is 0 Å². The van der Waals surface area contributed by atoms with Gasteiger partial charge in [-0.05, 0) is 67.3 Å². The van der Waals surface area contributed by atoms with E-state index in [-0.39, 0.29) is 43.8 Å². The third-order valence-corrected chi connectivity index (χ3v) is 8.25. The Hall–Kier alpha value is -3.43. The van der Waals surface area contributed by atoms with Crippen LogP contribution in [0.5, 0.6) is 0 Å². The summed E-state index contributed by atoms with van der Waals surface area (Å²) in [6, 6.07) is 20.9. The fraction of sp³-hybridized carbons (Fsp3) is 0.355. The van der Waals surface area contributed by atoms with E-state index in [1.807, 2.05) is 56.3 Å². The van der Waals surface area contributed by atoms with E-state index in [0.29, 0.717) is 17.1 Å². The first-order chi connectivity index (χ1) is 19.5. The van der Waals surface area contributed by atoms with Gasteiger partial charge in [-0.25, -0.2) is 12.8 Å². The van der Waals surface area contributed by atoms with Crippen molar-refractivity contribution in [2.45, 2.75) is 58.2 Å². The van der Waals surface area contributed by atoms with Gasteiger partial charge in [-0.15, -0.1) is 0 Å². The molecule has 3 aromatic carbocycles. The topological polar surface area (TPSA) is 86.8 Å². The van der Waals surface area contributed by atoms with E-state index in [9.17, 15) is 22.4 Å². The minimum absolute atomic E-state index is 0.00268. The molecule has 2 atom stereocenters. The van der Waals surface area contributed by atoms with Crippen LogP contribution in [0.25, 0.3) is 0 Å². The molecule has 3 rings (SSSR count). The van der Waals surface area contributed by atoms with Crippen LogP contribution in [0.2, 0.25) is 5.02 Å². The molecule has 0 bridgehead atoms. The van der Waals surface area contributed by atoms with E-state index in [2.05, 4.69) is 5.32 Å². The number of sulfonamides is 1. The van der Waals surface area contributed by atoms with Crippen molar-refractivity contribution in [1.29, 1.82) is 0 Å². The molecule has 10 heteroatoms. The molecule has 0 saturated heterocycles. The second-order valence-corrected chi connectivity index (χ2v) is 12.4. The van der Waals surface area contributed by atoms with Crippen LogP contribution < -0.4 is 9.62 Å². The molecule has 1 N–H and O–H groups in total. The van der Waals surface area contributed by atoms with E-state index < -0.39 is 21.9 Å². The Morgan fingerprint density at radius 2 is 1.59 bits per heavy atom. The van der Waals surface area contributed by atoms with Gasteiger partial charge in [0, 0.05) is 37.0 Å². The van der Waals surface area contributed by atoms with Gasteiger partial charge in [0.05, 0.1) is 11.9 Å². The number of carbonyl (C=O) groups is 2. The van der Waals surface area contributed by atoms with Crippen molar-refractivity contribution >= 4 is 39.1 Å². The number of carbonyl (C=O) groups excluding carboxylic acids is 2. The van der Waals surface area contributed by atoms with Crippen LogP contribution in [0, 0.1) is 5.82 Å². The van der Waals surface area contributed by atoms with Crippen LogP contribution in [0.1, 0.15) is 44.2 Å². The molecular weight excluding hydrogens is 565 g/mol. The lowest BCUT2D eigenvalue weighted by Crippen LogP contribution is -2.52. The van der Waals surface area contributed by atoms with Gasteiger partial charge in [-0.2, -0.15) is 0 Å². The zero-order valence-electron chi connectivity index (χ0n) is 23.6. The fourth-order valence-electron chi connectivity index (χ4n) is 4.39. The van der Waals surface area contributed by atoms with E-state index in [1.54, 1.807) is 17.0 Å². The largest absolute Gasteiger partial charge is 0.352 e. The highest BCUT2D eigenvalue weighted by Gasteiger charge is 2.31. The molecule has 3 aromatic rings. The number of amides is 2. The summed E-state index contributed by atoms with van der Waals surface area (Å²) in [5, 5.41) is 3.59. The van der Waals surface area contributed by atoms with Crippen LogP contribution in [0.4, 0.5) is 10.1 Å². The minimum atomic E-state index is -3.68. The highest BCUT2D eigenvalue weighted by molar-refractivity contribution is 7.92. The van der Waals surface area contributed by atoms with Gasteiger partial charge < -0.3 is 10.2 Å². The van der Waals surface area contributed by atoms with E-state index in [1.165, 1.54) is 24.3 Å². The minimum Gasteiger partial charge on any atom is -0.352 e. The number of halogens is 2. The first kappa shape index (κ1) is 32.1. The van der Waals surface area contributed by atoms with Crippen LogP contribution in [-0.2, 0) is 32.6 Å². The number of benzene rings is 3. The smallest absolute Gasteiger partial charge is 0.243 e. The maximum Gasteiger partial charge on any atom is 0.243 e. The zero-order valence-corrected chi connectivity index (χ0v) is 25.2. The molecule has 0 aliphatic heterocycles. The Kier molecular flexibility index (Phi) is 11.7. The summed E-state index contributed by atoms with van der Waals surface area (Å²) < 4.78 is 39.6. The second-order valence-electron chi connectivity index (χ2n) is 10.1. The highest BCUT2D eigenvalue weighted by atomic mass is 35.5. The van der Waals surface area contributed by atoms with E-state index >= 15 is 0 Å². The van der Waals surface area contributed by atoms with Crippen molar-refractivity contribution in [3.05, 3.63) is 101 Å². The van der Waals surface area contributed by atoms with Crippen molar-refractivity contribution in [2.24, 2.45) is 0 Å². The fourth-order valence-corrected chi connectivity index (χ4v) is 5.48. The molecule has 0 spiro atoms. The van der Waals surface area contributed by atoms with Gasteiger partial charge in [0.15, 0.2) is 0 Å². The molecule has 0 radical (unpaired) electrons. The van der Waals surface area contributed by atoms with Crippen LogP contribution >= 0.6 is 11.6 Å². The SMILES string of the molecule is CC[C@H](C)NC(=O)[C@H](Cc1ccccc1)N(Cc1ccc(Cl)cc1)C(=O)CCCN(c1ccc(F)cc1)S(C)(=O)=O. The summed E-state index contributed by atoms with van der Waals surface area (Å²) in [6.07, 6.45) is 2.32. The van der Waals surface area contributed by atoms with Crippen molar-refractivity contribution in [3.8, 4) is 0 Å². The molecule has 0 aliphatic rings. The number of hydrogen-bond acceptors (Lipinski definition) is 4. The predicted molar refractivity (Wildman–Crippen MR) is 162 cm³/mol. The standard InChI is InChI=1S/C31H37ClFN3O4S/c1-4-23(2)34-31(38)29(21-24-9-6-5-7-10-24)35(22-25-12-14-26(32)15-13-25)30(37)11-8-20-36(41(3,39)40)28-18-16-27(33)17-19-28/h5-7,9-10,12-19,23,29H,4,8,11,20-22H2,1-3H3,(H,34,38)/t23-,29-/m0/s1. The van der Waals surface area contributed by atoms with Crippen LogP contribution in [-0.4, -0.2) is 50.0 Å². The maximum atomic E-state index is 13.8. The molecule has 0 aromatic heterocycles. The monoisotopic (exact) mass is 601 g/mol. The maximum absolute atomic E-state index is 13.8. The third-order valence-electron chi connectivity index (χ3n) is 6.81. The first-order valence-corrected chi connectivity index (χ1v) is 15.8. The molecule has 41 heavy (non-hydrogen) atoms. The van der Waals surface area contributed by atoms with Gasteiger partial charge in [-0.1, -0.05) is 61.0 Å². The molecule has 0 saturated carbocycles. The lowest BCUT2D eigenvalue weighted by atomic mass is 10.0. The Labute approximate surface area is 247 Å². The molecule has 7 nitrogen and oxygen atoms in total. The van der Waals surface area contributed by atoms with Crippen molar-refractivity contribution in [1.82, 2.24) is 10.2 Å². The average molecular weight is 602 g/mol. The normalized spacial score (nSPS) is 12.8. The summed E-state index contributed by atoms with van der Waals surface area (Å²) in [5.41, 5.74) is 2.03. The molecule has 0 aliphatic carbocycles. The number of nitrogens with zero attached hydrogens (tertiary/aromatic N) is 2. The highest BCUT2D eigenvalue weighted by Crippen LogP contribution is 2.21. The number of anilines is 1. The second kappa shape index (κ2) is 15.0. The van der Waals surface area contributed by atoms with E-state index in [4.69, 9.17) is 11.6 Å². The number of rotatable bonds is 14. The molecular formula is C31H37ClFN3O4S. The van der Waals surface area contributed by atoms with Gasteiger partial charge in [0.2, 0.25) is 21.8 Å². The molecule has 0 heterocycles. The van der Waals surface area contributed by atoms with Crippen LogP contribution in [0.15, 0.2) is 78.9 Å². The van der Waals surface area contributed by atoms with Gasteiger partial charge in [0.25, 0.3) is 0 Å². The van der Waals surface area contributed by atoms with Crippen molar-refractivity contribution in [2.75, 3.05) is 17.1 Å². The Balaban J connectivity index is 1.88. The lowest BCUT2D eigenvalue weighted by Gasteiger charge is -2.32. The first-order valence-electron chi connectivity index (χ1n) is 13.6. The third kappa shape index (κ3) is 9.86. The summed E-state index contributed by atoms with van der Waals surface area (Å²) in [5.74, 6) is -1.02. The Morgan fingerprint density at radius 3 is 2.17 bits per heavy atom. The molecule has 220 valence electrons. The lowest BCUT2D eigenvalue weighted by molar-refractivity contribution is -0.141. The summed E-state index contributed by atoms with van der Waals surface area (Å²) in [7, 11) is -3.68.